The van der Waals surface area contributed by atoms with Crippen LogP contribution >= 0.6 is 7.92 Å². The van der Waals surface area contributed by atoms with Gasteiger partial charge in [-0.05, 0) is 37.3 Å². The first-order chi connectivity index (χ1) is 11.8. The maximum atomic E-state index is 5.67. The molecule has 0 saturated heterocycles. The third-order valence-electron chi connectivity index (χ3n) is 3.93. The Labute approximate surface area is 151 Å². The van der Waals surface area contributed by atoms with Crippen molar-refractivity contribution in [1.29, 1.82) is 0 Å². The first-order valence-electron chi connectivity index (χ1n) is 8.10. The molecule has 4 nitrogen and oxygen atoms in total. The van der Waals surface area contributed by atoms with Crippen LogP contribution in [-0.4, -0.2) is 33.6 Å². The average Bonchev–Trinajstić information content (AvgIpc) is 2.61. The van der Waals surface area contributed by atoms with Gasteiger partial charge in [-0.2, -0.15) is 0 Å². The molecule has 0 unspecified atom stereocenters. The fourth-order valence-electron chi connectivity index (χ4n) is 2.79. The number of benzene rings is 2. The maximum Gasteiger partial charge on any atom is 0.130 e. The predicted octanol–water partition coefficient (Wildman–Crippen LogP) is 3.95. The number of ether oxygens (including phenoxy) is 4. The molecule has 0 aromatic heterocycles. The fraction of sp³-hybridized carbons (Fsp3) is 0.400. The third kappa shape index (κ3) is 4.19. The van der Waals surface area contributed by atoms with Gasteiger partial charge < -0.3 is 18.9 Å². The van der Waals surface area contributed by atoms with Crippen LogP contribution < -0.4 is 29.6 Å². The number of hydrogen-bond donors (Lipinski definition) is 0. The molecule has 2 aromatic rings. The highest BCUT2D eigenvalue weighted by molar-refractivity contribution is 7.74. The summed E-state index contributed by atoms with van der Waals surface area (Å²) in [5.41, 5.74) is 0. The van der Waals surface area contributed by atoms with E-state index in [0.29, 0.717) is 0 Å². The summed E-state index contributed by atoms with van der Waals surface area (Å²) in [4.78, 5) is 0. The SMILES string of the molecule is COc1ccc(P(c2ccc(OC)cc2OC)C(C)(C)C)c(OC)c1. The summed E-state index contributed by atoms with van der Waals surface area (Å²) < 4.78 is 22.0. The van der Waals surface area contributed by atoms with Gasteiger partial charge in [-0.1, -0.05) is 20.8 Å². The monoisotopic (exact) mass is 362 g/mol. The molecule has 0 spiro atoms. The zero-order chi connectivity index (χ0) is 18.6. The van der Waals surface area contributed by atoms with Crippen molar-refractivity contribution in [3.8, 4) is 23.0 Å². The van der Waals surface area contributed by atoms with Crippen molar-refractivity contribution in [3.05, 3.63) is 36.4 Å². The Kier molecular flexibility index (Phi) is 6.18. The summed E-state index contributed by atoms with van der Waals surface area (Å²) in [7, 11) is 5.97. The first-order valence-corrected chi connectivity index (χ1v) is 9.44. The molecule has 2 rings (SSSR count). The molecule has 0 atom stereocenters. The van der Waals surface area contributed by atoms with E-state index in [1.54, 1.807) is 28.4 Å². The highest BCUT2D eigenvalue weighted by atomic mass is 31.1. The number of hydrogen-bond acceptors (Lipinski definition) is 4. The van der Waals surface area contributed by atoms with E-state index in [1.165, 1.54) is 0 Å². The molecule has 0 radical (unpaired) electrons. The Morgan fingerprint density at radius 2 is 1.04 bits per heavy atom. The molecule has 0 aliphatic carbocycles. The molecule has 0 bridgehead atoms. The standard InChI is InChI=1S/C20H27O4P/c1-20(2,3)25(18-10-8-14(21-4)12-16(18)23-6)19-11-9-15(22-5)13-17(19)24-7/h8-13H,1-7H3. The van der Waals surface area contributed by atoms with Gasteiger partial charge in [0.15, 0.2) is 0 Å². The van der Waals surface area contributed by atoms with Gasteiger partial charge in [0.1, 0.15) is 23.0 Å². The second kappa shape index (κ2) is 7.97. The molecular formula is C20H27O4P. The lowest BCUT2D eigenvalue weighted by atomic mass is 10.2. The van der Waals surface area contributed by atoms with Crippen molar-refractivity contribution >= 4 is 18.5 Å². The van der Waals surface area contributed by atoms with Gasteiger partial charge in [0.25, 0.3) is 0 Å². The van der Waals surface area contributed by atoms with Gasteiger partial charge in [0, 0.05) is 22.7 Å². The van der Waals surface area contributed by atoms with Crippen molar-refractivity contribution in [2.75, 3.05) is 28.4 Å². The van der Waals surface area contributed by atoms with Gasteiger partial charge in [0.2, 0.25) is 0 Å². The zero-order valence-corrected chi connectivity index (χ0v) is 16.9. The zero-order valence-electron chi connectivity index (χ0n) is 16.0. The molecule has 136 valence electrons. The Morgan fingerprint density at radius 1 is 0.640 bits per heavy atom. The lowest BCUT2D eigenvalue weighted by Gasteiger charge is -2.34. The van der Waals surface area contributed by atoms with Crippen LogP contribution in [0, 0.1) is 0 Å². The molecule has 2 aromatic carbocycles. The summed E-state index contributed by atoms with van der Waals surface area (Å²) in [6.07, 6.45) is 0. The Bertz CT molecular complexity index is 667. The molecule has 0 heterocycles. The van der Waals surface area contributed by atoms with Crippen molar-refractivity contribution in [2.45, 2.75) is 25.9 Å². The number of rotatable bonds is 6. The molecule has 0 aliphatic rings. The van der Waals surface area contributed by atoms with E-state index in [1.807, 2.05) is 24.3 Å². The highest BCUT2D eigenvalue weighted by Gasteiger charge is 2.32. The van der Waals surface area contributed by atoms with Crippen LogP contribution in [0.5, 0.6) is 23.0 Å². The quantitative estimate of drug-likeness (QED) is 0.729. The van der Waals surface area contributed by atoms with Crippen LogP contribution in [0.2, 0.25) is 0 Å². The number of methoxy groups -OCH3 is 4. The van der Waals surface area contributed by atoms with E-state index in [4.69, 9.17) is 18.9 Å². The second-order valence-corrected chi connectivity index (χ2v) is 9.56. The summed E-state index contributed by atoms with van der Waals surface area (Å²) in [6, 6.07) is 12.0. The van der Waals surface area contributed by atoms with E-state index in [9.17, 15) is 0 Å². The van der Waals surface area contributed by atoms with Gasteiger partial charge in [-0.15, -0.1) is 0 Å². The van der Waals surface area contributed by atoms with Crippen molar-refractivity contribution < 1.29 is 18.9 Å². The fourth-order valence-corrected chi connectivity index (χ4v) is 5.70. The van der Waals surface area contributed by atoms with Crippen molar-refractivity contribution in [2.24, 2.45) is 0 Å². The minimum absolute atomic E-state index is 0.0130. The first kappa shape index (κ1) is 19.4. The van der Waals surface area contributed by atoms with Crippen LogP contribution in [0.15, 0.2) is 36.4 Å². The van der Waals surface area contributed by atoms with Crippen LogP contribution in [0.4, 0.5) is 0 Å². The van der Waals surface area contributed by atoms with E-state index in [-0.39, 0.29) is 5.16 Å². The smallest absolute Gasteiger partial charge is 0.130 e. The summed E-state index contributed by atoms with van der Waals surface area (Å²) in [5.74, 6) is 3.23. The van der Waals surface area contributed by atoms with E-state index >= 15 is 0 Å². The molecule has 0 amide bonds. The van der Waals surface area contributed by atoms with E-state index in [2.05, 4.69) is 32.9 Å². The largest absolute Gasteiger partial charge is 0.497 e. The molecule has 5 heteroatoms. The second-order valence-electron chi connectivity index (χ2n) is 6.58. The van der Waals surface area contributed by atoms with E-state index < -0.39 is 7.92 Å². The lowest BCUT2D eigenvalue weighted by molar-refractivity contribution is 0.396. The topological polar surface area (TPSA) is 36.9 Å². The van der Waals surface area contributed by atoms with Crippen LogP contribution in [0.1, 0.15) is 20.8 Å². The minimum Gasteiger partial charge on any atom is -0.497 e. The Hall–Kier alpha value is -1.93. The summed E-state index contributed by atoms with van der Waals surface area (Å²) >= 11 is 0. The van der Waals surface area contributed by atoms with Gasteiger partial charge in [0.05, 0.1) is 28.4 Å². The minimum atomic E-state index is -0.741. The van der Waals surface area contributed by atoms with Gasteiger partial charge in [-0.25, -0.2) is 0 Å². The van der Waals surface area contributed by atoms with E-state index in [0.717, 1.165) is 33.6 Å². The normalized spacial score (nSPS) is 11.4. The molecule has 25 heavy (non-hydrogen) atoms. The van der Waals surface area contributed by atoms with Crippen molar-refractivity contribution in [1.82, 2.24) is 0 Å². The molecule has 0 aliphatic heterocycles. The average molecular weight is 362 g/mol. The van der Waals surface area contributed by atoms with Crippen LogP contribution in [0.3, 0.4) is 0 Å². The molecule has 0 N–H and O–H groups in total. The van der Waals surface area contributed by atoms with Gasteiger partial charge >= 0.3 is 0 Å². The Morgan fingerprint density at radius 3 is 1.32 bits per heavy atom. The highest BCUT2D eigenvalue weighted by Crippen LogP contribution is 2.51. The van der Waals surface area contributed by atoms with Crippen molar-refractivity contribution in [3.63, 3.8) is 0 Å². The summed E-state index contributed by atoms with van der Waals surface area (Å²) in [6.45, 7) is 6.73. The molecule has 0 fully saturated rings. The molecular weight excluding hydrogens is 335 g/mol. The van der Waals surface area contributed by atoms with Crippen LogP contribution in [0.25, 0.3) is 0 Å². The summed E-state index contributed by atoms with van der Waals surface area (Å²) in [5, 5.41) is 2.34. The van der Waals surface area contributed by atoms with Gasteiger partial charge in [-0.3, -0.25) is 0 Å². The Balaban J connectivity index is 2.67. The molecule has 0 saturated carbocycles. The third-order valence-corrected chi connectivity index (χ3v) is 6.97. The van der Waals surface area contributed by atoms with Crippen LogP contribution in [-0.2, 0) is 0 Å². The lowest BCUT2D eigenvalue weighted by Crippen LogP contribution is -2.28. The predicted molar refractivity (Wildman–Crippen MR) is 105 cm³/mol. The maximum absolute atomic E-state index is 5.67.